The summed E-state index contributed by atoms with van der Waals surface area (Å²) >= 11 is 0. The Bertz CT molecular complexity index is 599. The zero-order valence-electron chi connectivity index (χ0n) is 13.6. The molecule has 0 fully saturated rings. The number of carbonyl (C=O) groups is 2. The van der Waals surface area contributed by atoms with Crippen molar-refractivity contribution in [2.45, 2.75) is 45.3 Å². The predicted octanol–water partition coefficient (Wildman–Crippen LogP) is 2.14. The second kappa shape index (κ2) is 8.30. The molecule has 1 aromatic carbocycles. The van der Waals surface area contributed by atoms with E-state index >= 15 is 0 Å². The van der Waals surface area contributed by atoms with Crippen LogP contribution in [0.1, 0.15) is 43.1 Å². The number of benzene rings is 1. The molecule has 0 saturated heterocycles. The van der Waals surface area contributed by atoms with Crippen LogP contribution in [0, 0.1) is 11.3 Å². The normalized spacial score (nSPS) is 12.3. The molecule has 0 aliphatic heterocycles. The van der Waals surface area contributed by atoms with Gasteiger partial charge >= 0.3 is 5.97 Å². The molecule has 1 amide bonds. The monoisotopic (exact) mass is 318 g/mol. The summed E-state index contributed by atoms with van der Waals surface area (Å²) < 4.78 is 5.50. The summed E-state index contributed by atoms with van der Waals surface area (Å²) in [5, 5.41) is 20.4. The highest BCUT2D eigenvalue weighted by molar-refractivity contribution is 5.96. The van der Waals surface area contributed by atoms with Crippen LogP contribution < -0.4 is 5.32 Å². The van der Waals surface area contributed by atoms with Crippen molar-refractivity contribution in [1.82, 2.24) is 5.32 Å². The van der Waals surface area contributed by atoms with Crippen LogP contribution in [0.5, 0.6) is 0 Å². The van der Waals surface area contributed by atoms with Crippen molar-refractivity contribution in [2.75, 3.05) is 6.61 Å². The molecular formula is C17H22N2O4. The van der Waals surface area contributed by atoms with Crippen LogP contribution in [-0.2, 0) is 16.0 Å². The van der Waals surface area contributed by atoms with Crippen molar-refractivity contribution >= 4 is 11.9 Å². The molecule has 6 heteroatoms. The molecule has 0 spiro atoms. The summed E-state index contributed by atoms with van der Waals surface area (Å²) in [6, 6.07) is 7.56. The molecule has 23 heavy (non-hydrogen) atoms. The molecule has 6 nitrogen and oxygen atoms in total. The summed E-state index contributed by atoms with van der Waals surface area (Å²) in [6.45, 7) is 5.86. The highest BCUT2D eigenvalue weighted by Gasteiger charge is 2.22. The number of carboxylic acid groups (broad SMARTS) is 1. The van der Waals surface area contributed by atoms with Gasteiger partial charge in [-0.25, -0.2) is 4.79 Å². The Labute approximate surface area is 136 Å². The molecule has 1 rings (SSSR count). The molecule has 0 bridgehead atoms. The fourth-order valence-electron chi connectivity index (χ4n) is 1.90. The lowest BCUT2D eigenvalue weighted by Gasteiger charge is -2.21. The molecule has 0 heterocycles. The van der Waals surface area contributed by atoms with Crippen molar-refractivity contribution < 1.29 is 19.4 Å². The van der Waals surface area contributed by atoms with Crippen LogP contribution in [0.3, 0.4) is 0 Å². The summed E-state index contributed by atoms with van der Waals surface area (Å²) in [6.07, 6.45) is 0.374. The Morgan fingerprint density at radius 1 is 1.39 bits per heavy atom. The topological polar surface area (TPSA) is 99.4 Å². The third kappa shape index (κ3) is 6.94. The maximum Gasteiger partial charge on any atom is 0.326 e. The van der Waals surface area contributed by atoms with E-state index in [0.717, 1.165) is 0 Å². The molecule has 0 aliphatic rings. The van der Waals surface area contributed by atoms with Gasteiger partial charge in [0.25, 0.3) is 5.91 Å². The van der Waals surface area contributed by atoms with Gasteiger partial charge in [0.1, 0.15) is 6.04 Å². The molecule has 1 atom stereocenters. The molecule has 0 saturated carbocycles. The van der Waals surface area contributed by atoms with E-state index in [2.05, 4.69) is 5.32 Å². The molecular weight excluding hydrogens is 296 g/mol. The lowest BCUT2D eigenvalue weighted by molar-refractivity contribution is -0.140. The number of hydrogen-bond acceptors (Lipinski definition) is 4. The maximum absolute atomic E-state index is 12.2. The average molecular weight is 318 g/mol. The van der Waals surface area contributed by atoms with Crippen LogP contribution in [0.15, 0.2) is 24.3 Å². The number of amides is 1. The fraction of sp³-hybridized carbons (Fsp3) is 0.471. The summed E-state index contributed by atoms with van der Waals surface area (Å²) in [7, 11) is 0. The van der Waals surface area contributed by atoms with Crippen molar-refractivity contribution in [3.8, 4) is 6.07 Å². The second-order valence-electron chi connectivity index (χ2n) is 6.15. The van der Waals surface area contributed by atoms with Crippen molar-refractivity contribution in [1.29, 1.82) is 5.26 Å². The lowest BCUT2D eigenvalue weighted by atomic mass is 10.1. The van der Waals surface area contributed by atoms with Crippen LogP contribution in [0.2, 0.25) is 0 Å². The van der Waals surface area contributed by atoms with E-state index in [1.807, 2.05) is 26.8 Å². The number of ether oxygens (including phenoxy) is 1. The van der Waals surface area contributed by atoms with Crippen LogP contribution >= 0.6 is 0 Å². The number of aliphatic carboxylic acids is 1. The minimum absolute atomic E-state index is 0.177. The maximum atomic E-state index is 12.2. The van der Waals surface area contributed by atoms with E-state index in [4.69, 9.17) is 10.00 Å². The van der Waals surface area contributed by atoms with Crippen LogP contribution in [0.25, 0.3) is 0 Å². The Morgan fingerprint density at radius 3 is 2.65 bits per heavy atom. The van der Waals surface area contributed by atoms with Gasteiger partial charge in [-0.1, -0.05) is 12.1 Å². The third-order valence-corrected chi connectivity index (χ3v) is 3.02. The Balaban J connectivity index is 2.69. The number of carbonyl (C=O) groups excluding carboxylic acids is 1. The molecule has 1 unspecified atom stereocenters. The number of hydrogen-bond donors (Lipinski definition) is 2. The standard InChI is InChI=1S/C17H22N2O4/c1-17(2,3)23-10-8-14(16(21)22)19-15(20)13-6-4-5-12(11-13)7-9-18/h4-6,11,14H,7-8,10H2,1-3H3,(H,19,20)(H,21,22). The van der Waals surface area contributed by atoms with Gasteiger partial charge in [-0.15, -0.1) is 0 Å². The highest BCUT2D eigenvalue weighted by Crippen LogP contribution is 2.09. The van der Waals surface area contributed by atoms with Crippen molar-refractivity contribution in [2.24, 2.45) is 0 Å². The number of rotatable bonds is 7. The smallest absolute Gasteiger partial charge is 0.326 e. The number of nitrogens with zero attached hydrogens (tertiary/aromatic N) is 1. The van der Waals surface area contributed by atoms with Crippen LogP contribution in [0.4, 0.5) is 0 Å². The first-order valence-corrected chi connectivity index (χ1v) is 7.36. The second-order valence-corrected chi connectivity index (χ2v) is 6.15. The third-order valence-electron chi connectivity index (χ3n) is 3.02. The van der Waals surface area contributed by atoms with Gasteiger partial charge in [-0.05, 0) is 38.5 Å². The molecule has 2 N–H and O–H groups in total. The molecule has 0 radical (unpaired) electrons. The quantitative estimate of drug-likeness (QED) is 0.802. The van der Waals surface area contributed by atoms with Crippen molar-refractivity contribution in [3.05, 3.63) is 35.4 Å². The van der Waals surface area contributed by atoms with E-state index in [-0.39, 0.29) is 25.0 Å². The highest BCUT2D eigenvalue weighted by atomic mass is 16.5. The number of carboxylic acids is 1. The first-order valence-electron chi connectivity index (χ1n) is 7.36. The SMILES string of the molecule is CC(C)(C)OCCC(NC(=O)c1cccc(CC#N)c1)C(=O)O. The van der Waals surface area contributed by atoms with Crippen molar-refractivity contribution in [3.63, 3.8) is 0 Å². The molecule has 124 valence electrons. The van der Waals surface area contributed by atoms with Gasteiger partial charge in [0.05, 0.1) is 18.1 Å². The van der Waals surface area contributed by atoms with Crippen LogP contribution in [-0.4, -0.2) is 35.2 Å². The summed E-state index contributed by atoms with van der Waals surface area (Å²) in [5.41, 5.74) is 0.683. The van der Waals surface area contributed by atoms with Gasteiger partial charge in [0.2, 0.25) is 0 Å². The van der Waals surface area contributed by atoms with Gasteiger partial charge in [-0.3, -0.25) is 4.79 Å². The van der Waals surface area contributed by atoms with Gasteiger partial charge in [0.15, 0.2) is 0 Å². The number of nitrogens with one attached hydrogen (secondary N) is 1. The van der Waals surface area contributed by atoms with E-state index in [9.17, 15) is 14.7 Å². The first-order chi connectivity index (χ1) is 10.7. The average Bonchev–Trinajstić information content (AvgIpc) is 2.45. The zero-order valence-corrected chi connectivity index (χ0v) is 13.6. The zero-order chi connectivity index (χ0) is 17.5. The summed E-state index contributed by atoms with van der Waals surface area (Å²) in [5.74, 6) is -1.59. The fourth-order valence-corrected chi connectivity index (χ4v) is 1.90. The molecule has 1 aromatic rings. The number of nitriles is 1. The largest absolute Gasteiger partial charge is 0.480 e. The van der Waals surface area contributed by atoms with Gasteiger partial charge < -0.3 is 15.2 Å². The first kappa shape index (κ1) is 18.7. The van der Waals surface area contributed by atoms with E-state index in [1.54, 1.807) is 24.3 Å². The van der Waals surface area contributed by atoms with E-state index in [1.165, 1.54) is 0 Å². The lowest BCUT2D eigenvalue weighted by Crippen LogP contribution is -2.42. The minimum atomic E-state index is -1.11. The minimum Gasteiger partial charge on any atom is -0.480 e. The van der Waals surface area contributed by atoms with E-state index in [0.29, 0.717) is 11.1 Å². The van der Waals surface area contributed by atoms with Gasteiger partial charge in [-0.2, -0.15) is 5.26 Å². The molecule has 0 aliphatic carbocycles. The summed E-state index contributed by atoms with van der Waals surface area (Å²) in [4.78, 5) is 23.5. The Morgan fingerprint density at radius 2 is 2.09 bits per heavy atom. The predicted molar refractivity (Wildman–Crippen MR) is 85.0 cm³/mol. The molecule has 0 aromatic heterocycles. The Kier molecular flexibility index (Phi) is 6.73. The Hall–Kier alpha value is -2.39. The van der Waals surface area contributed by atoms with Gasteiger partial charge in [0, 0.05) is 18.6 Å². The van der Waals surface area contributed by atoms with E-state index < -0.39 is 17.9 Å².